The maximum Gasteiger partial charge on any atom is 0.324 e. The smallest absolute Gasteiger partial charge is 0.324 e. The van der Waals surface area contributed by atoms with Crippen molar-refractivity contribution in [1.29, 1.82) is 0 Å². The second-order valence-electron chi connectivity index (χ2n) is 6.87. The number of carboxylic acids is 1. The van der Waals surface area contributed by atoms with Crippen molar-refractivity contribution in [2.24, 2.45) is 5.92 Å². The molecular formula is C18H28N2O5S. The number of hydrogen-bond acceptors (Lipinski definition) is 5. The fourth-order valence-corrected chi connectivity index (χ4v) is 4.13. The summed E-state index contributed by atoms with van der Waals surface area (Å²) in [5.41, 5.74) is 0. The lowest BCUT2D eigenvalue weighted by Crippen LogP contribution is -2.38. The third-order valence-electron chi connectivity index (χ3n) is 5.00. The second-order valence-corrected chi connectivity index (χ2v) is 7.90. The molecule has 0 bridgehead atoms. The van der Waals surface area contributed by atoms with Crippen molar-refractivity contribution in [2.45, 2.75) is 57.1 Å². The average molecular weight is 384 g/mol. The largest absolute Gasteiger partial charge is 0.481 e. The Morgan fingerprint density at radius 1 is 1.27 bits per heavy atom. The lowest BCUT2D eigenvalue weighted by Gasteiger charge is -2.28. The zero-order valence-corrected chi connectivity index (χ0v) is 15.7. The standard InChI is InChI=1S/C18H28N2O5S/c21-15(13-6-2-1-3-7-13)9-10-20-14(17(24)19-18(20)25)8-4-5-11-26-12-16(22)23/h4-5,13-15,21H,1-3,6-12H2,(H,22,23)(H,19,24,25)/b5-4-/t14-,15+/m0/s1. The molecule has 0 unspecified atom stereocenters. The Bertz CT molecular complexity index is 534. The van der Waals surface area contributed by atoms with Gasteiger partial charge in [0.25, 0.3) is 5.91 Å². The minimum absolute atomic E-state index is 0.0396. The minimum Gasteiger partial charge on any atom is -0.481 e. The van der Waals surface area contributed by atoms with E-state index >= 15 is 0 Å². The van der Waals surface area contributed by atoms with E-state index in [9.17, 15) is 19.5 Å². The van der Waals surface area contributed by atoms with E-state index in [1.54, 1.807) is 0 Å². The summed E-state index contributed by atoms with van der Waals surface area (Å²) < 4.78 is 0. The van der Waals surface area contributed by atoms with Gasteiger partial charge < -0.3 is 15.1 Å². The Morgan fingerprint density at radius 3 is 2.69 bits per heavy atom. The van der Waals surface area contributed by atoms with Crippen molar-refractivity contribution in [1.82, 2.24) is 10.2 Å². The topological polar surface area (TPSA) is 107 Å². The fraction of sp³-hybridized carbons (Fsp3) is 0.722. The molecule has 1 saturated carbocycles. The maximum absolute atomic E-state index is 12.0. The van der Waals surface area contributed by atoms with E-state index < -0.39 is 24.1 Å². The molecule has 0 spiro atoms. The first-order valence-electron chi connectivity index (χ1n) is 9.23. The molecule has 0 aromatic rings. The van der Waals surface area contributed by atoms with Gasteiger partial charge in [-0.1, -0.05) is 31.4 Å². The number of carboxylic acid groups (broad SMARTS) is 1. The summed E-state index contributed by atoms with van der Waals surface area (Å²) in [4.78, 5) is 36.0. The Morgan fingerprint density at radius 2 is 2.00 bits per heavy atom. The van der Waals surface area contributed by atoms with Crippen molar-refractivity contribution >= 4 is 29.7 Å². The van der Waals surface area contributed by atoms with E-state index in [-0.39, 0.29) is 11.7 Å². The van der Waals surface area contributed by atoms with Crippen molar-refractivity contribution in [3.8, 4) is 0 Å². The Kier molecular flexibility index (Phi) is 8.44. The number of thioether (sulfide) groups is 1. The van der Waals surface area contributed by atoms with E-state index in [1.165, 1.54) is 23.1 Å². The number of carbonyl (C=O) groups excluding carboxylic acids is 2. The van der Waals surface area contributed by atoms with Crippen LogP contribution < -0.4 is 5.32 Å². The predicted molar refractivity (Wildman–Crippen MR) is 99.9 cm³/mol. The van der Waals surface area contributed by atoms with Gasteiger partial charge in [0, 0.05) is 12.3 Å². The summed E-state index contributed by atoms with van der Waals surface area (Å²) in [6.45, 7) is 0.363. The molecule has 1 aliphatic heterocycles. The first-order chi connectivity index (χ1) is 12.5. The van der Waals surface area contributed by atoms with Gasteiger partial charge in [-0.25, -0.2) is 4.79 Å². The van der Waals surface area contributed by atoms with Crippen molar-refractivity contribution < 1.29 is 24.6 Å². The quantitative estimate of drug-likeness (QED) is 0.302. The van der Waals surface area contributed by atoms with Gasteiger partial charge in [-0.3, -0.25) is 14.9 Å². The molecule has 2 fully saturated rings. The van der Waals surface area contributed by atoms with Gasteiger partial charge in [0.1, 0.15) is 6.04 Å². The van der Waals surface area contributed by atoms with Gasteiger partial charge in [0.2, 0.25) is 0 Å². The molecule has 1 aliphatic carbocycles. The van der Waals surface area contributed by atoms with E-state index in [0.29, 0.717) is 31.1 Å². The SMILES string of the molecule is O=C(O)CSC/C=C\C[C@H]1C(=O)NC(=O)N1CC[C@@H](O)C1CCCCC1. The highest BCUT2D eigenvalue weighted by molar-refractivity contribution is 8.00. The summed E-state index contributed by atoms with van der Waals surface area (Å²) >= 11 is 1.28. The van der Waals surface area contributed by atoms with Crippen LogP contribution in [-0.4, -0.2) is 63.2 Å². The number of urea groups is 1. The zero-order chi connectivity index (χ0) is 18.9. The minimum atomic E-state index is -0.855. The molecule has 1 saturated heterocycles. The molecule has 1 heterocycles. The highest BCUT2D eigenvalue weighted by Crippen LogP contribution is 2.28. The van der Waals surface area contributed by atoms with Crippen LogP contribution in [0, 0.1) is 5.92 Å². The Labute approximate surface area is 158 Å². The number of aliphatic hydroxyl groups is 1. The summed E-state index contributed by atoms with van der Waals surface area (Å²) in [7, 11) is 0. The van der Waals surface area contributed by atoms with Gasteiger partial charge >= 0.3 is 12.0 Å². The summed E-state index contributed by atoms with van der Waals surface area (Å²) in [5.74, 6) is -0.279. The fourth-order valence-electron chi connectivity index (χ4n) is 3.57. The summed E-state index contributed by atoms with van der Waals surface area (Å²) in [6.07, 6.45) is 9.67. The number of imide groups is 1. The predicted octanol–water partition coefficient (Wildman–Crippen LogP) is 2.00. The Balaban J connectivity index is 1.78. The van der Waals surface area contributed by atoms with Crippen LogP contribution in [0.5, 0.6) is 0 Å². The average Bonchev–Trinajstić information content (AvgIpc) is 2.89. The highest BCUT2D eigenvalue weighted by Gasteiger charge is 2.37. The van der Waals surface area contributed by atoms with Gasteiger partial charge in [0.15, 0.2) is 0 Å². The third kappa shape index (κ3) is 6.32. The van der Waals surface area contributed by atoms with Crippen LogP contribution in [0.25, 0.3) is 0 Å². The lowest BCUT2D eigenvalue weighted by molar-refractivity contribution is -0.134. The molecule has 0 radical (unpaired) electrons. The van der Waals surface area contributed by atoms with E-state index in [2.05, 4.69) is 5.32 Å². The van der Waals surface area contributed by atoms with Crippen LogP contribution in [0.2, 0.25) is 0 Å². The van der Waals surface area contributed by atoms with E-state index in [4.69, 9.17) is 5.11 Å². The molecule has 2 aliphatic rings. The molecule has 7 nitrogen and oxygen atoms in total. The number of hydrogen-bond donors (Lipinski definition) is 3. The summed E-state index contributed by atoms with van der Waals surface area (Å²) in [6, 6.07) is -0.953. The normalized spacial score (nSPS) is 22.8. The van der Waals surface area contributed by atoms with Gasteiger partial charge in [-0.15, -0.1) is 11.8 Å². The third-order valence-corrected chi connectivity index (χ3v) is 5.87. The van der Waals surface area contributed by atoms with Gasteiger partial charge in [-0.05, 0) is 31.6 Å². The molecule has 3 N–H and O–H groups in total. The number of aliphatic hydroxyl groups excluding tert-OH is 1. The number of carbonyl (C=O) groups is 3. The van der Waals surface area contributed by atoms with Crippen LogP contribution in [0.4, 0.5) is 4.79 Å². The number of nitrogens with zero attached hydrogens (tertiary/aromatic N) is 1. The lowest BCUT2D eigenvalue weighted by atomic mass is 9.84. The van der Waals surface area contributed by atoms with Crippen LogP contribution in [0.15, 0.2) is 12.2 Å². The maximum atomic E-state index is 12.0. The first-order valence-corrected chi connectivity index (χ1v) is 10.4. The molecule has 2 rings (SSSR count). The van der Waals surface area contributed by atoms with E-state index in [1.807, 2.05) is 12.2 Å². The number of amides is 3. The second kappa shape index (κ2) is 10.6. The molecule has 3 amide bonds. The van der Waals surface area contributed by atoms with Crippen molar-refractivity contribution in [3.05, 3.63) is 12.2 Å². The van der Waals surface area contributed by atoms with Gasteiger partial charge in [-0.2, -0.15) is 0 Å². The molecule has 0 aromatic heterocycles. The molecule has 2 atom stereocenters. The first kappa shape index (κ1) is 20.8. The molecule has 26 heavy (non-hydrogen) atoms. The molecule has 146 valence electrons. The summed E-state index contributed by atoms with van der Waals surface area (Å²) in [5, 5.41) is 21.3. The monoisotopic (exact) mass is 384 g/mol. The van der Waals surface area contributed by atoms with Gasteiger partial charge in [0.05, 0.1) is 11.9 Å². The number of nitrogens with one attached hydrogen (secondary N) is 1. The molecular weight excluding hydrogens is 356 g/mol. The highest BCUT2D eigenvalue weighted by atomic mass is 32.2. The van der Waals surface area contributed by atoms with E-state index in [0.717, 1.165) is 25.7 Å². The van der Waals surface area contributed by atoms with Crippen LogP contribution in [0.3, 0.4) is 0 Å². The van der Waals surface area contributed by atoms with Crippen molar-refractivity contribution in [2.75, 3.05) is 18.1 Å². The van der Waals surface area contributed by atoms with Crippen LogP contribution in [0.1, 0.15) is 44.9 Å². The van der Waals surface area contributed by atoms with Crippen molar-refractivity contribution in [3.63, 3.8) is 0 Å². The van der Waals surface area contributed by atoms with Crippen LogP contribution >= 0.6 is 11.8 Å². The number of rotatable bonds is 10. The number of aliphatic carboxylic acids is 1. The van der Waals surface area contributed by atoms with Crippen LogP contribution in [-0.2, 0) is 9.59 Å². The zero-order valence-electron chi connectivity index (χ0n) is 14.9. The Hall–Kier alpha value is -1.54. The molecule has 0 aromatic carbocycles. The molecule has 8 heteroatoms.